The summed E-state index contributed by atoms with van der Waals surface area (Å²) in [7, 11) is 0. The Morgan fingerprint density at radius 1 is 1.53 bits per heavy atom. The first kappa shape index (κ1) is 11.1. The van der Waals surface area contributed by atoms with Crippen molar-refractivity contribution in [2.24, 2.45) is 0 Å². The van der Waals surface area contributed by atoms with Crippen LogP contribution in [0.15, 0.2) is 28.9 Å². The first-order chi connectivity index (χ1) is 8.06. The van der Waals surface area contributed by atoms with E-state index in [0.29, 0.717) is 11.3 Å². The third-order valence-corrected chi connectivity index (χ3v) is 2.13. The second kappa shape index (κ2) is 4.25. The van der Waals surface area contributed by atoms with Crippen LogP contribution in [0.5, 0.6) is 0 Å². The molecule has 6 heteroatoms. The summed E-state index contributed by atoms with van der Waals surface area (Å²) in [6, 6.07) is 4.43. The zero-order valence-corrected chi connectivity index (χ0v) is 8.90. The topological polar surface area (TPSA) is 75.4 Å². The summed E-state index contributed by atoms with van der Waals surface area (Å²) in [5.74, 6) is -1.48. The van der Waals surface area contributed by atoms with Crippen LogP contribution in [0.2, 0.25) is 0 Å². The maximum Gasteiger partial charge on any atom is 0.357 e. The third-order valence-electron chi connectivity index (χ3n) is 2.13. The van der Waals surface area contributed by atoms with Crippen molar-refractivity contribution in [2.45, 2.75) is 6.92 Å². The number of oxazole rings is 1. The summed E-state index contributed by atoms with van der Waals surface area (Å²) in [6.45, 7) is 1.62. The zero-order valence-electron chi connectivity index (χ0n) is 8.90. The number of hydrogen-bond donors (Lipinski definition) is 2. The number of rotatable bonds is 3. The van der Waals surface area contributed by atoms with Gasteiger partial charge < -0.3 is 14.8 Å². The van der Waals surface area contributed by atoms with Crippen LogP contribution in [0, 0.1) is 12.7 Å². The first-order valence-corrected chi connectivity index (χ1v) is 4.78. The molecule has 17 heavy (non-hydrogen) atoms. The van der Waals surface area contributed by atoms with Crippen molar-refractivity contribution in [1.29, 1.82) is 0 Å². The predicted molar refractivity (Wildman–Crippen MR) is 57.9 cm³/mol. The zero-order chi connectivity index (χ0) is 12.4. The molecule has 2 aromatic rings. The van der Waals surface area contributed by atoms with Crippen LogP contribution in [0.4, 0.5) is 16.1 Å². The molecule has 1 heterocycles. The number of carboxylic acids is 1. The van der Waals surface area contributed by atoms with Gasteiger partial charge in [0.25, 0.3) is 6.01 Å². The molecule has 0 aliphatic rings. The lowest BCUT2D eigenvalue weighted by Crippen LogP contribution is -1.97. The number of benzene rings is 1. The van der Waals surface area contributed by atoms with E-state index < -0.39 is 5.97 Å². The molecule has 0 radical (unpaired) electrons. The van der Waals surface area contributed by atoms with Gasteiger partial charge in [0.2, 0.25) is 0 Å². The highest BCUT2D eigenvalue weighted by Crippen LogP contribution is 2.18. The number of carbonyl (C=O) groups is 1. The fraction of sp³-hybridized carbons (Fsp3) is 0.0909. The Hall–Kier alpha value is -2.37. The van der Waals surface area contributed by atoms with E-state index in [-0.39, 0.29) is 17.5 Å². The second-order valence-electron chi connectivity index (χ2n) is 3.43. The van der Waals surface area contributed by atoms with Gasteiger partial charge in [0.15, 0.2) is 5.69 Å². The van der Waals surface area contributed by atoms with E-state index >= 15 is 0 Å². The molecule has 0 amide bonds. The summed E-state index contributed by atoms with van der Waals surface area (Å²) in [5, 5.41) is 11.4. The van der Waals surface area contributed by atoms with Crippen LogP contribution < -0.4 is 5.32 Å². The SMILES string of the molecule is Cc1cc(Nc2nc(C(=O)O)co2)ccc1F. The van der Waals surface area contributed by atoms with E-state index in [2.05, 4.69) is 10.3 Å². The van der Waals surface area contributed by atoms with Crippen molar-refractivity contribution < 1.29 is 18.7 Å². The minimum Gasteiger partial charge on any atom is -0.476 e. The van der Waals surface area contributed by atoms with E-state index in [4.69, 9.17) is 9.52 Å². The Balaban J connectivity index is 2.19. The molecule has 0 unspecified atom stereocenters. The van der Waals surface area contributed by atoms with Crippen LogP contribution >= 0.6 is 0 Å². The number of hydrogen-bond acceptors (Lipinski definition) is 4. The summed E-state index contributed by atoms with van der Waals surface area (Å²) in [6.07, 6.45) is 1.03. The van der Waals surface area contributed by atoms with Crippen molar-refractivity contribution in [3.05, 3.63) is 41.5 Å². The van der Waals surface area contributed by atoms with Crippen LogP contribution in [0.25, 0.3) is 0 Å². The molecule has 0 bridgehead atoms. The maximum atomic E-state index is 13.0. The highest BCUT2D eigenvalue weighted by atomic mass is 19.1. The Morgan fingerprint density at radius 2 is 2.29 bits per heavy atom. The van der Waals surface area contributed by atoms with E-state index in [1.54, 1.807) is 13.0 Å². The molecule has 88 valence electrons. The Bertz CT molecular complexity index is 566. The molecule has 0 aliphatic heterocycles. The average Bonchev–Trinajstić information content (AvgIpc) is 2.72. The van der Waals surface area contributed by atoms with Crippen molar-refractivity contribution in [1.82, 2.24) is 4.98 Å². The number of carboxylic acid groups (broad SMARTS) is 1. The monoisotopic (exact) mass is 236 g/mol. The second-order valence-corrected chi connectivity index (χ2v) is 3.43. The van der Waals surface area contributed by atoms with Crippen molar-refractivity contribution in [2.75, 3.05) is 5.32 Å². The van der Waals surface area contributed by atoms with Crippen LogP contribution in [-0.4, -0.2) is 16.1 Å². The van der Waals surface area contributed by atoms with E-state index in [0.717, 1.165) is 6.26 Å². The molecule has 0 spiro atoms. The quantitative estimate of drug-likeness (QED) is 0.856. The average molecular weight is 236 g/mol. The Kier molecular flexibility index (Phi) is 2.78. The molecular weight excluding hydrogens is 227 g/mol. The maximum absolute atomic E-state index is 13.0. The number of aryl methyl sites for hydroxylation is 1. The highest BCUT2D eigenvalue weighted by Gasteiger charge is 2.10. The highest BCUT2D eigenvalue weighted by molar-refractivity contribution is 5.85. The number of aromatic carboxylic acids is 1. The van der Waals surface area contributed by atoms with Gasteiger partial charge in [-0.2, -0.15) is 4.98 Å². The number of anilines is 2. The van der Waals surface area contributed by atoms with Gasteiger partial charge in [-0.15, -0.1) is 0 Å². The summed E-state index contributed by atoms with van der Waals surface area (Å²) in [4.78, 5) is 14.3. The van der Waals surface area contributed by atoms with E-state index in [1.165, 1.54) is 12.1 Å². The fourth-order valence-electron chi connectivity index (χ4n) is 1.28. The molecule has 0 fully saturated rings. The van der Waals surface area contributed by atoms with Gasteiger partial charge in [0.05, 0.1) is 0 Å². The summed E-state index contributed by atoms with van der Waals surface area (Å²) >= 11 is 0. The standard InChI is InChI=1S/C11H9FN2O3/c1-6-4-7(2-3-8(6)12)13-11-14-9(5-17-11)10(15)16/h2-5H,1H3,(H,13,14)(H,15,16). The van der Waals surface area contributed by atoms with Gasteiger partial charge in [0.1, 0.15) is 12.1 Å². The molecule has 0 saturated heterocycles. The Labute approximate surface area is 95.9 Å². The number of halogens is 1. The van der Waals surface area contributed by atoms with Gasteiger partial charge >= 0.3 is 5.97 Å². The minimum absolute atomic E-state index is 0.0495. The first-order valence-electron chi connectivity index (χ1n) is 4.78. The van der Waals surface area contributed by atoms with Crippen LogP contribution in [0.3, 0.4) is 0 Å². The normalized spacial score (nSPS) is 10.2. The smallest absolute Gasteiger partial charge is 0.357 e. The number of aromatic nitrogens is 1. The molecular formula is C11H9FN2O3. The molecule has 0 aliphatic carbocycles. The van der Waals surface area contributed by atoms with Crippen molar-refractivity contribution in [3.63, 3.8) is 0 Å². The van der Waals surface area contributed by atoms with Crippen molar-refractivity contribution >= 4 is 17.7 Å². The Morgan fingerprint density at radius 3 is 2.88 bits per heavy atom. The lowest BCUT2D eigenvalue weighted by Gasteiger charge is -2.03. The van der Waals surface area contributed by atoms with Crippen LogP contribution in [0.1, 0.15) is 16.1 Å². The molecule has 0 atom stereocenters. The van der Waals surface area contributed by atoms with Gasteiger partial charge in [-0.3, -0.25) is 0 Å². The summed E-state index contributed by atoms with van der Waals surface area (Å²) < 4.78 is 17.9. The number of nitrogens with one attached hydrogen (secondary N) is 1. The molecule has 2 N–H and O–H groups in total. The minimum atomic E-state index is -1.17. The van der Waals surface area contributed by atoms with Gasteiger partial charge in [-0.1, -0.05) is 0 Å². The molecule has 0 saturated carbocycles. The van der Waals surface area contributed by atoms with Crippen molar-refractivity contribution in [3.8, 4) is 0 Å². The van der Waals surface area contributed by atoms with E-state index in [9.17, 15) is 9.18 Å². The summed E-state index contributed by atoms with van der Waals surface area (Å²) in [5.41, 5.74) is 0.856. The fourth-order valence-corrected chi connectivity index (χ4v) is 1.28. The van der Waals surface area contributed by atoms with E-state index in [1.807, 2.05) is 0 Å². The molecule has 1 aromatic carbocycles. The lowest BCUT2D eigenvalue weighted by atomic mass is 10.2. The predicted octanol–water partition coefficient (Wildman–Crippen LogP) is 2.56. The third kappa shape index (κ3) is 2.41. The van der Waals surface area contributed by atoms with Crippen LogP contribution in [-0.2, 0) is 0 Å². The largest absolute Gasteiger partial charge is 0.476 e. The molecule has 5 nitrogen and oxygen atoms in total. The van der Waals surface area contributed by atoms with Gasteiger partial charge in [-0.25, -0.2) is 9.18 Å². The van der Waals surface area contributed by atoms with Gasteiger partial charge in [0, 0.05) is 5.69 Å². The lowest BCUT2D eigenvalue weighted by molar-refractivity contribution is 0.0690. The van der Waals surface area contributed by atoms with Gasteiger partial charge in [-0.05, 0) is 30.7 Å². The molecule has 2 rings (SSSR count). The number of nitrogens with zero attached hydrogens (tertiary/aromatic N) is 1. The molecule has 1 aromatic heterocycles.